The van der Waals surface area contributed by atoms with Crippen LogP contribution in [0.4, 0.5) is 0 Å². The van der Waals surface area contributed by atoms with Crippen molar-refractivity contribution in [1.82, 2.24) is 0 Å². The van der Waals surface area contributed by atoms with Gasteiger partial charge in [0.15, 0.2) is 0 Å². The predicted molar refractivity (Wildman–Crippen MR) is 71.2 cm³/mol. The van der Waals surface area contributed by atoms with Crippen LogP contribution in [0.15, 0.2) is 0 Å². The molecule has 0 aliphatic heterocycles. The average molecular weight is 212 g/mol. The summed E-state index contributed by atoms with van der Waals surface area (Å²) < 4.78 is 0. The molecular formula is C15H32. The van der Waals surface area contributed by atoms with E-state index in [0.717, 1.165) is 17.8 Å². The molecule has 0 radical (unpaired) electrons. The zero-order chi connectivity index (χ0) is 11.7. The van der Waals surface area contributed by atoms with Crippen LogP contribution in [0.2, 0.25) is 0 Å². The monoisotopic (exact) mass is 212 g/mol. The maximum atomic E-state index is 2.44. The van der Waals surface area contributed by atoms with Crippen LogP contribution in [0.5, 0.6) is 0 Å². The van der Waals surface area contributed by atoms with Gasteiger partial charge >= 0.3 is 0 Å². The molecule has 0 aromatic heterocycles. The van der Waals surface area contributed by atoms with Crippen molar-refractivity contribution in [2.45, 2.75) is 79.6 Å². The summed E-state index contributed by atoms with van der Waals surface area (Å²) in [6, 6.07) is 0. The lowest BCUT2D eigenvalue weighted by Crippen LogP contribution is -2.14. The van der Waals surface area contributed by atoms with Crippen LogP contribution in [0, 0.1) is 17.8 Å². The fourth-order valence-corrected chi connectivity index (χ4v) is 2.31. The second-order valence-electron chi connectivity index (χ2n) is 5.39. The molecular weight excluding hydrogens is 180 g/mol. The van der Waals surface area contributed by atoms with Gasteiger partial charge < -0.3 is 0 Å². The van der Waals surface area contributed by atoms with Crippen molar-refractivity contribution < 1.29 is 0 Å². The van der Waals surface area contributed by atoms with Crippen LogP contribution in [0.1, 0.15) is 79.6 Å². The smallest absolute Gasteiger partial charge is 0.0386 e. The van der Waals surface area contributed by atoms with Crippen molar-refractivity contribution in [2.75, 3.05) is 0 Å². The highest BCUT2D eigenvalue weighted by Gasteiger charge is 2.17. The Hall–Kier alpha value is 0. The molecule has 0 heterocycles. The van der Waals surface area contributed by atoms with Crippen molar-refractivity contribution in [3.63, 3.8) is 0 Å². The van der Waals surface area contributed by atoms with Gasteiger partial charge in [0.25, 0.3) is 0 Å². The topological polar surface area (TPSA) is 0 Å². The van der Waals surface area contributed by atoms with E-state index in [4.69, 9.17) is 0 Å². The van der Waals surface area contributed by atoms with Gasteiger partial charge in [-0.15, -0.1) is 0 Å². The van der Waals surface area contributed by atoms with Crippen LogP contribution in [0.25, 0.3) is 0 Å². The maximum absolute atomic E-state index is 2.44. The molecule has 0 spiro atoms. The molecule has 0 aliphatic rings. The van der Waals surface area contributed by atoms with E-state index in [1.54, 1.807) is 0 Å². The summed E-state index contributed by atoms with van der Waals surface area (Å²) in [5.41, 5.74) is 0. The minimum atomic E-state index is 0.922. The molecule has 0 heteroatoms. The molecule has 0 bridgehead atoms. The fraction of sp³-hybridized carbons (Fsp3) is 1.00. The largest absolute Gasteiger partial charge is 0.0654 e. The van der Waals surface area contributed by atoms with E-state index in [9.17, 15) is 0 Å². The molecule has 0 rings (SSSR count). The standard InChI is InChI=1S/C15H32/c1-6-9-10-11-15(14(5)8-3)12-13(4)7-2/h13-15H,6-12H2,1-5H3. The van der Waals surface area contributed by atoms with E-state index in [2.05, 4.69) is 34.6 Å². The highest BCUT2D eigenvalue weighted by atomic mass is 14.2. The fourth-order valence-electron chi connectivity index (χ4n) is 2.31. The van der Waals surface area contributed by atoms with Gasteiger partial charge in [0, 0.05) is 0 Å². The first kappa shape index (κ1) is 15.0. The third kappa shape index (κ3) is 6.98. The van der Waals surface area contributed by atoms with Crippen molar-refractivity contribution in [3.05, 3.63) is 0 Å². The summed E-state index contributed by atoms with van der Waals surface area (Å²) in [6.07, 6.45) is 9.85. The summed E-state index contributed by atoms with van der Waals surface area (Å²) in [4.78, 5) is 0. The van der Waals surface area contributed by atoms with Crippen LogP contribution < -0.4 is 0 Å². The molecule has 0 aromatic rings. The van der Waals surface area contributed by atoms with Gasteiger partial charge in [0.1, 0.15) is 0 Å². The number of hydrogen-bond acceptors (Lipinski definition) is 0. The molecule has 3 unspecified atom stereocenters. The Kier molecular flexibility index (Phi) is 9.24. The number of unbranched alkanes of at least 4 members (excludes halogenated alkanes) is 2. The van der Waals surface area contributed by atoms with Crippen molar-refractivity contribution >= 4 is 0 Å². The molecule has 0 fully saturated rings. The number of hydrogen-bond donors (Lipinski definition) is 0. The molecule has 0 amide bonds. The Morgan fingerprint density at radius 1 is 0.867 bits per heavy atom. The molecule has 0 saturated heterocycles. The molecule has 0 saturated carbocycles. The van der Waals surface area contributed by atoms with E-state index >= 15 is 0 Å². The SMILES string of the molecule is CCCCCC(CC(C)CC)C(C)CC. The lowest BCUT2D eigenvalue weighted by Gasteiger charge is -2.25. The zero-order valence-electron chi connectivity index (χ0n) is 11.7. The summed E-state index contributed by atoms with van der Waals surface area (Å²) in [7, 11) is 0. The second-order valence-corrected chi connectivity index (χ2v) is 5.39. The van der Waals surface area contributed by atoms with Crippen molar-refractivity contribution in [3.8, 4) is 0 Å². The van der Waals surface area contributed by atoms with Gasteiger partial charge in [-0.2, -0.15) is 0 Å². The minimum absolute atomic E-state index is 0.922. The highest BCUT2D eigenvalue weighted by molar-refractivity contribution is 4.68. The van der Waals surface area contributed by atoms with Gasteiger partial charge in [-0.25, -0.2) is 0 Å². The average Bonchev–Trinajstić information content (AvgIpc) is 2.26. The Morgan fingerprint density at radius 3 is 2.00 bits per heavy atom. The first-order chi connectivity index (χ1) is 7.15. The van der Waals surface area contributed by atoms with E-state index in [-0.39, 0.29) is 0 Å². The minimum Gasteiger partial charge on any atom is -0.0654 e. The van der Waals surface area contributed by atoms with Gasteiger partial charge in [0.2, 0.25) is 0 Å². The summed E-state index contributed by atoms with van der Waals surface area (Å²) in [6.45, 7) is 11.8. The van der Waals surface area contributed by atoms with Gasteiger partial charge in [-0.05, 0) is 24.2 Å². The van der Waals surface area contributed by atoms with Crippen molar-refractivity contribution in [1.29, 1.82) is 0 Å². The molecule has 0 nitrogen and oxygen atoms in total. The van der Waals surface area contributed by atoms with E-state index in [1.807, 2.05) is 0 Å². The normalized spacial score (nSPS) is 17.4. The second kappa shape index (κ2) is 9.24. The zero-order valence-corrected chi connectivity index (χ0v) is 11.7. The number of rotatable bonds is 9. The van der Waals surface area contributed by atoms with Crippen LogP contribution in [0.3, 0.4) is 0 Å². The molecule has 0 N–H and O–H groups in total. The van der Waals surface area contributed by atoms with Gasteiger partial charge in [0.05, 0.1) is 0 Å². The Balaban J connectivity index is 3.94. The quantitative estimate of drug-likeness (QED) is 0.432. The van der Waals surface area contributed by atoms with E-state index in [1.165, 1.54) is 44.9 Å². The summed E-state index contributed by atoms with van der Waals surface area (Å²) >= 11 is 0. The molecule has 0 aliphatic carbocycles. The molecule has 15 heavy (non-hydrogen) atoms. The first-order valence-corrected chi connectivity index (χ1v) is 7.15. The summed E-state index contributed by atoms with van der Waals surface area (Å²) in [5, 5.41) is 0. The van der Waals surface area contributed by atoms with Gasteiger partial charge in [-0.1, -0.05) is 73.1 Å². The lowest BCUT2D eigenvalue weighted by molar-refractivity contribution is 0.258. The molecule has 3 atom stereocenters. The highest BCUT2D eigenvalue weighted by Crippen LogP contribution is 2.29. The third-order valence-corrected chi connectivity index (χ3v) is 4.03. The Morgan fingerprint density at radius 2 is 1.53 bits per heavy atom. The Bertz CT molecular complexity index is 128. The van der Waals surface area contributed by atoms with E-state index < -0.39 is 0 Å². The molecule has 0 aromatic carbocycles. The summed E-state index contributed by atoms with van der Waals surface area (Å²) in [5.74, 6) is 2.83. The van der Waals surface area contributed by atoms with Gasteiger partial charge in [-0.3, -0.25) is 0 Å². The van der Waals surface area contributed by atoms with Crippen LogP contribution in [-0.4, -0.2) is 0 Å². The van der Waals surface area contributed by atoms with Crippen LogP contribution in [-0.2, 0) is 0 Å². The Labute approximate surface area is 97.8 Å². The maximum Gasteiger partial charge on any atom is -0.0386 e. The van der Waals surface area contributed by atoms with E-state index in [0.29, 0.717) is 0 Å². The van der Waals surface area contributed by atoms with Crippen molar-refractivity contribution in [2.24, 2.45) is 17.8 Å². The predicted octanol–water partition coefficient (Wildman–Crippen LogP) is 5.67. The lowest BCUT2D eigenvalue weighted by atomic mass is 9.80. The molecule has 92 valence electrons. The van der Waals surface area contributed by atoms with Crippen LogP contribution >= 0.6 is 0 Å². The first-order valence-electron chi connectivity index (χ1n) is 7.15. The third-order valence-electron chi connectivity index (χ3n) is 4.03.